The summed E-state index contributed by atoms with van der Waals surface area (Å²) in [6, 6.07) is 41.9. The lowest BCUT2D eigenvalue weighted by Crippen LogP contribution is -2.14. The SMILES string of the molecule is CC(C)c1ccc2c(c1)c1cc3c(cc1n2-c1cc(-c2ccc4ccc5ccc(-c6ccccc6O)nc5c4n2)ncn1)-c1ccccc1C3(C)C. The van der Waals surface area contributed by atoms with Crippen molar-refractivity contribution in [2.75, 3.05) is 0 Å². The second-order valence-corrected chi connectivity index (χ2v) is 14.7. The molecule has 1 aliphatic carbocycles. The second kappa shape index (κ2) is 11.0. The van der Waals surface area contributed by atoms with Crippen LogP contribution in [0.2, 0.25) is 0 Å². The molecule has 0 bridgehead atoms. The zero-order chi connectivity index (χ0) is 35.3. The molecule has 0 atom stereocenters. The van der Waals surface area contributed by atoms with E-state index >= 15 is 0 Å². The molecule has 4 heterocycles. The van der Waals surface area contributed by atoms with E-state index < -0.39 is 0 Å². The molecule has 0 fully saturated rings. The van der Waals surface area contributed by atoms with Crippen LogP contribution in [0.25, 0.3) is 83.2 Å². The smallest absolute Gasteiger partial charge is 0.141 e. The Hall–Kier alpha value is -6.40. The van der Waals surface area contributed by atoms with Gasteiger partial charge in [0.05, 0.1) is 39.1 Å². The van der Waals surface area contributed by atoms with Gasteiger partial charge in [-0.05, 0) is 82.3 Å². The highest BCUT2D eigenvalue weighted by Crippen LogP contribution is 2.51. The van der Waals surface area contributed by atoms with E-state index in [0.717, 1.165) is 50.0 Å². The van der Waals surface area contributed by atoms with Crippen LogP contribution < -0.4 is 0 Å². The predicted octanol–water partition coefficient (Wildman–Crippen LogP) is 11.1. The summed E-state index contributed by atoms with van der Waals surface area (Å²) in [5, 5.41) is 15.0. The third kappa shape index (κ3) is 4.43. The first-order valence-corrected chi connectivity index (χ1v) is 17.8. The first-order valence-electron chi connectivity index (χ1n) is 17.8. The fourth-order valence-electron chi connectivity index (χ4n) is 8.20. The maximum Gasteiger partial charge on any atom is 0.141 e. The molecular weight excluding hydrogens is 639 g/mol. The molecule has 0 spiro atoms. The van der Waals surface area contributed by atoms with E-state index in [-0.39, 0.29) is 11.2 Å². The average Bonchev–Trinajstić information content (AvgIpc) is 3.61. The van der Waals surface area contributed by atoms with E-state index in [0.29, 0.717) is 17.2 Å². The van der Waals surface area contributed by atoms with Crippen LogP contribution in [0.1, 0.15) is 50.3 Å². The van der Waals surface area contributed by atoms with Crippen LogP contribution in [0.5, 0.6) is 5.75 Å². The molecule has 52 heavy (non-hydrogen) atoms. The topological polar surface area (TPSA) is 76.7 Å². The summed E-state index contributed by atoms with van der Waals surface area (Å²) in [6.07, 6.45) is 1.64. The number of rotatable bonds is 4. The van der Waals surface area contributed by atoms with Crippen molar-refractivity contribution in [3.63, 3.8) is 0 Å². The van der Waals surface area contributed by atoms with Crippen molar-refractivity contribution in [2.45, 2.75) is 39.0 Å². The lowest BCUT2D eigenvalue weighted by molar-refractivity contribution is 0.477. The summed E-state index contributed by atoms with van der Waals surface area (Å²) >= 11 is 0. The second-order valence-electron chi connectivity index (χ2n) is 14.7. The number of aromatic nitrogens is 5. The first kappa shape index (κ1) is 30.4. The van der Waals surface area contributed by atoms with Crippen LogP contribution in [-0.4, -0.2) is 29.6 Å². The summed E-state index contributed by atoms with van der Waals surface area (Å²) in [5.74, 6) is 1.38. The molecule has 0 aliphatic heterocycles. The van der Waals surface area contributed by atoms with Crippen molar-refractivity contribution in [2.24, 2.45) is 0 Å². The molecule has 6 nitrogen and oxygen atoms in total. The molecule has 0 saturated carbocycles. The van der Waals surface area contributed by atoms with E-state index in [1.54, 1.807) is 12.4 Å². The summed E-state index contributed by atoms with van der Waals surface area (Å²) < 4.78 is 2.28. The summed E-state index contributed by atoms with van der Waals surface area (Å²) in [6.45, 7) is 9.16. The van der Waals surface area contributed by atoms with Gasteiger partial charge in [0, 0.05) is 38.6 Å². The Morgan fingerprint density at radius 2 is 1.25 bits per heavy atom. The molecule has 5 aromatic carbocycles. The molecule has 0 saturated heterocycles. The molecule has 4 aromatic heterocycles. The molecule has 1 aliphatic rings. The fraction of sp³-hybridized carbons (Fsp3) is 0.130. The zero-order valence-corrected chi connectivity index (χ0v) is 29.4. The quantitative estimate of drug-likeness (QED) is 0.188. The lowest BCUT2D eigenvalue weighted by atomic mass is 9.82. The van der Waals surface area contributed by atoms with E-state index in [4.69, 9.17) is 19.9 Å². The van der Waals surface area contributed by atoms with Gasteiger partial charge in [-0.15, -0.1) is 0 Å². The number of hydrogen-bond donors (Lipinski definition) is 1. The number of fused-ring (bicyclic) bond motifs is 9. The minimum atomic E-state index is -0.102. The zero-order valence-electron chi connectivity index (χ0n) is 29.4. The number of hydrogen-bond acceptors (Lipinski definition) is 5. The van der Waals surface area contributed by atoms with Crippen molar-refractivity contribution in [1.82, 2.24) is 24.5 Å². The minimum absolute atomic E-state index is 0.102. The van der Waals surface area contributed by atoms with Crippen LogP contribution in [-0.2, 0) is 5.41 Å². The Labute approximate surface area is 301 Å². The van der Waals surface area contributed by atoms with E-state index in [1.165, 1.54) is 38.6 Å². The van der Waals surface area contributed by atoms with Gasteiger partial charge in [0.25, 0.3) is 0 Å². The van der Waals surface area contributed by atoms with Gasteiger partial charge in [0.2, 0.25) is 0 Å². The van der Waals surface area contributed by atoms with Gasteiger partial charge >= 0.3 is 0 Å². The fourth-order valence-corrected chi connectivity index (χ4v) is 8.20. The van der Waals surface area contributed by atoms with Crippen molar-refractivity contribution >= 4 is 43.6 Å². The van der Waals surface area contributed by atoms with Gasteiger partial charge in [-0.2, -0.15) is 0 Å². The molecule has 10 rings (SSSR count). The molecule has 0 amide bonds. The lowest BCUT2D eigenvalue weighted by Gasteiger charge is -2.21. The van der Waals surface area contributed by atoms with Crippen LogP contribution >= 0.6 is 0 Å². The molecule has 9 aromatic rings. The minimum Gasteiger partial charge on any atom is -0.507 e. The number of aromatic hydroxyl groups is 1. The van der Waals surface area contributed by atoms with E-state index in [1.807, 2.05) is 42.5 Å². The summed E-state index contributed by atoms with van der Waals surface area (Å²) in [4.78, 5) is 19.8. The van der Waals surface area contributed by atoms with Gasteiger partial charge in [0.1, 0.15) is 17.9 Å². The largest absolute Gasteiger partial charge is 0.507 e. The highest BCUT2D eigenvalue weighted by molar-refractivity contribution is 6.12. The van der Waals surface area contributed by atoms with Gasteiger partial charge in [-0.25, -0.2) is 19.9 Å². The van der Waals surface area contributed by atoms with Crippen LogP contribution in [0.3, 0.4) is 0 Å². The van der Waals surface area contributed by atoms with Crippen molar-refractivity contribution in [1.29, 1.82) is 0 Å². The Bertz CT molecular complexity index is 2940. The number of nitrogens with zero attached hydrogens (tertiary/aromatic N) is 5. The van der Waals surface area contributed by atoms with E-state index in [9.17, 15) is 5.11 Å². The van der Waals surface area contributed by atoms with Crippen molar-refractivity contribution in [3.05, 3.63) is 144 Å². The van der Waals surface area contributed by atoms with Gasteiger partial charge in [0.15, 0.2) is 0 Å². The van der Waals surface area contributed by atoms with Crippen molar-refractivity contribution < 1.29 is 5.11 Å². The molecule has 1 N–H and O–H groups in total. The number of benzene rings is 5. The third-order valence-electron chi connectivity index (χ3n) is 11.0. The van der Waals surface area contributed by atoms with Gasteiger partial charge in [-0.1, -0.05) is 94.4 Å². The number of phenols is 1. The van der Waals surface area contributed by atoms with Gasteiger partial charge in [-0.3, -0.25) is 4.57 Å². The van der Waals surface area contributed by atoms with Crippen LogP contribution in [0.15, 0.2) is 128 Å². The number of pyridine rings is 2. The summed E-state index contributed by atoms with van der Waals surface area (Å²) in [5.41, 5.74) is 13.1. The first-order chi connectivity index (χ1) is 25.3. The normalized spacial score (nSPS) is 13.4. The molecule has 250 valence electrons. The molecule has 0 unspecified atom stereocenters. The highest BCUT2D eigenvalue weighted by Gasteiger charge is 2.36. The predicted molar refractivity (Wildman–Crippen MR) is 211 cm³/mol. The summed E-state index contributed by atoms with van der Waals surface area (Å²) in [7, 11) is 0. The average molecular weight is 674 g/mol. The Morgan fingerprint density at radius 3 is 2.02 bits per heavy atom. The molecular formula is C46H35N5O. The van der Waals surface area contributed by atoms with Gasteiger partial charge < -0.3 is 5.11 Å². The van der Waals surface area contributed by atoms with Crippen LogP contribution in [0.4, 0.5) is 0 Å². The standard InChI is InChI=1S/C46H35N5O/c1-26(2)29-17-20-40-33(21-29)34-22-36-32(30-9-5-7-11-35(30)46(36,3)4)23-41(34)51(40)43-24-39(47-25-48-43)38-19-16-28-14-13-27-15-18-37(49-44(27)45(28)50-38)31-10-6-8-12-42(31)52/h5-26,52H,1-4H3. The third-order valence-corrected chi connectivity index (χ3v) is 11.0. The molecule has 6 heteroatoms. The maximum atomic E-state index is 10.6. The number of phenolic OH excluding ortho intramolecular Hbond substituents is 1. The molecule has 0 radical (unpaired) electrons. The maximum absolute atomic E-state index is 10.6. The Balaban J connectivity index is 1.17. The van der Waals surface area contributed by atoms with E-state index in [2.05, 4.69) is 105 Å². The Kier molecular flexibility index (Phi) is 6.46. The van der Waals surface area contributed by atoms with Crippen LogP contribution in [0, 0.1) is 0 Å². The monoisotopic (exact) mass is 673 g/mol. The highest BCUT2D eigenvalue weighted by atomic mass is 16.3. The Morgan fingerprint density at radius 1 is 0.577 bits per heavy atom. The number of para-hydroxylation sites is 1. The van der Waals surface area contributed by atoms with Crippen molar-refractivity contribution in [3.8, 4) is 45.3 Å².